The number of hydrogen-bond acceptors (Lipinski definition) is 4. The maximum atomic E-state index is 11.9. The molecule has 0 amide bonds. The molecule has 1 fully saturated rings. The maximum absolute atomic E-state index is 11.9. The minimum absolute atomic E-state index is 0.0517. The first-order chi connectivity index (χ1) is 10.2. The zero-order valence-corrected chi connectivity index (χ0v) is 13.4. The molecular weight excluding hydrogens is 287 g/mol. The molecule has 0 aromatic heterocycles. The summed E-state index contributed by atoms with van der Waals surface area (Å²) in [7, 11) is -0.895. The van der Waals surface area contributed by atoms with Crippen molar-refractivity contribution in [2.45, 2.75) is 43.8 Å². The van der Waals surface area contributed by atoms with E-state index in [1.807, 2.05) is 30.3 Å². The van der Waals surface area contributed by atoms with Crippen molar-refractivity contribution in [3.8, 4) is 0 Å². The van der Waals surface area contributed by atoms with Gasteiger partial charge in [0.15, 0.2) is 19.9 Å². The van der Waals surface area contributed by atoms with E-state index >= 15 is 0 Å². The fourth-order valence-corrected chi connectivity index (χ4v) is 3.78. The molecule has 1 aromatic rings. The van der Waals surface area contributed by atoms with Gasteiger partial charge in [-0.05, 0) is 18.4 Å². The third-order valence-electron chi connectivity index (χ3n) is 4.02. The highest BCUT2D eigenvalue weighted by Gasteiger charge is 2.38. The summed E-state index contributed by atoms with van der Waals surface area (Å²) in [5, 5.41) is 0. The Labute approximate surface area is 126 Å². The first-order valence-corrected chi connectivity index (χ1v) is 8.99. The van der Waals surface area contributed by atoms with E-state index in [0.717, 1.165) is 37.5 Å². The summed E-state index contributed by atoms with van der Waals surface area (Å²) >= 11 is 0. The number of ether oxygens (including phenoxy) is 1. The predicted molar refractivity (Wildman–Crippen MR) is 83.0 cm³/mol. The second kappa shape index (κ2) is 7.88. The molecule has 5 heteroatoms. The third kappa shape index (κ3) is 4.26. The molecule has 21 heavy (non-hydrogen) atoms. The molecule has 1 aromatic carbocycles. The number of benzene rings is 1. The zero-order valence-electron chi connectivity index (χ0n) is 12.4. The van der Waals surface area contributed by atoms with Gasteiger partial charge >= 0.3 is 0 Å². The molecule has 116 valence electrons. The van der Waals surface area contributed by atoms with E-state index in [9.17, 15) is 9.36 Å². The molecule has 1 aliphatic rings. The van der Waals surface area contributed by atoms with Gasteiger partial charge in [0, 0.05) is 7.11 Å². The number of aldehydes is 1. The first kappa shape index (κ1) is 16.4. The van der Waals surface area contributed by atoms with Gasteiger partial charge in [-0.15, -0.1) is 0 Å². The summed E-state index contributed by atoms with van der Waals surface area (Å²) in [6, 6.07) is 9.31. The van der Waals surface area contributed by atoms with E-state index in [1.54, 1.807) is 0 Å². The highest BCUT2D eigenvalue weighted by molar-refractivity contribution is 7.39. The minimum atomic E-state index is -2.30. The Morgan fingerprint density at radius 3 is 2.48 bits per heavy atom. The Kier molecular flexibility index (Phi) is 6.16. The van der Waals surface area contributed by atoms with Crippen molar-refractivity contribution in [2.75, 3.05) is 13.3 Å². The van der Waals surface area contributed by atoms with Crippen molar-refractivity contribution in [3.05, 3.63) is 35.9 Å². The molecule has 0 heterocycles. The van der Waals surface area contributed by atoms with E-state index in [-0.39, 0.29) is 12.3 Å². The predicted octanol–water partition coefficient (Wildman–Crippen LogP) is 3.55. The first-order valence-electron chi connectivity index (χ1n) is 7.46. The Balaban J connectivity index is 2.26. The van der Waals surface area contributed by atoms with Crippen LogP contribution in [0.5, 0.6) is 0 Å². The van der Waals surface area contributed by atoms with Gasteiger partial charge in [0.2, 0.25) is 0 Å². The Morgan fingerprint density at radius 1 is 1.24 bits per heavy atom. The SMILES string of the molecule is CO[PH](=O)CC(C=O)(OC1CCCCC1)c1ccccc1. The lowest BCUT2D eigenvalue weighted by atomic mass is 9.93. The van der Waals surface area contributed by atoms with E-state index in [2.05, 4.69) is 0 Å². The molecule has 0 spiro atoms. The summed E-state index contributed by atoms with van der Waals surface area (Å²) in [5.74, 6) is 0. The Hall–Kier alpha value is -0.960. The zero-order chi connectivity index (χ0) is 15.1. The van der Waals surface area contributed by atoms with Crippen molar-refractivity contribution < 1.29 is 18.6 Å². The quantitative estimate of drug-likeness (QED) is 0.571. The minimum Gasteiger partial charge on any atom is -0.359 e. The molecule has 0 bridgehead atoms. The molecule has 2 unspecified atom stereocenters. The van der Waals surface area contributed by atoms with E-state index in [1.165, 1.54) is 13.5 Å². The molecule has 0 saturated heterocycles. The Morgan fingerprint density at radius 2 is 1.90 bits per heavy atom. The van der Waals surface area contributed by atoms with E-state index in [0.29, 0.717) is 0 Å². The summed E-state index contributed by atoms with van der Waals surface area (Å²) in [6.45, 7) is 0. The molecule has 2 atom stereocenters. The molecule has 4 nitrogen and oxygen atoms in total. The topological polar surface area (TPSA) is 52.6 Å². The lowest BCUT2D eigenvalue weighted by molar-refractivity contribution is -0.141. The van der Waals surface area contributed by atoms with Crippen LogP contribution in [0, 0.1) is 0 Å². The molecule has 2 rings (SSSR count). The fourth-order valence-electron chi connectivity index (χ4n) is 2.84. The fraction of sp³-hybridized carbons (Fsp3) is 0.562. The number of rotatable bonds is 7. The maximum Gasteiger partial charge on any atom is 0.195 e. The van der Waals surface area contributed by atoms with Gasteiger partial charge in [0.05, 0.1) is 12.3 Å². The van der Waals surface area contributed by atoms with Crippen LogP contribution < -0.4 is 0 Å². The van der Waals surface area contributed by atoms with Gasteiger partial charge in [-0.3, -0.25) is 9.36 Å². The van der Waals surface area contributed by atoms with Gasteiger partial charge in [-0.2, -0.15) is 0 Å². The van der Waals surface area contributed by atoms with Crippen LogP contribution in [0.3, 0.4) is 0 Å². The molecule has 0 N–H and O–H groups in total. The number of hydrogen-bond donors (Lipinski definition) is 0. The van der Waals surface area contributed by atoms with Gasteiger partial charge in [0.1, 0.15) is 0 Å². The van der Waals surface area contributed by atoms with Crippen LogP contribution >= 0.6 is 8.03 Å². The van der Waals surface area contributed by atoms with E-state index < -0.39 is 13.6 Å². The van der Waals surface area contributed by atoms with Crippen LogP contribution in [0.2, 0.25) is 0 Å². The van der Waals surface area contributed by atoms with Crippen LogP contribution in [0.15, 0.2) is 30.3 Å². The van der Waals surface area contributed by atoms with Gasteiger partial charge in [-0.1, -0.05) is 49.6 Å². The monoisotopic (exact) mass is 310 g/mol. The second-order valence-corrected chi connectivity index (χ2v) is 7.01. The summed E-state index contributed by atoms with van der Waals surface area (Å²) in [5.41, 5.74) is -0.407. The molecule has 0 aliphatic heterocycles. The van der Waals surface area contributed by atoms with Crippen molar-refractivity contribution in [1.82, 2.24) is 0 Å². The highest BCUT2D eigenvalue weighted by atomic mass is 31.1. The van der Waals surface area contributed by atoms with Crippen LogP contribution in [-0.2, 0) is 24.2 Å². The van der Waals surface area contributed by atoms with Crippen LogP contribution in [0.25, 0.3) is 0 Å². The van der Waals surface area contributed by atoms with Gasteiger partial charge in [-0.25, -0.2) is 0 Å². The number of carbonyl (C=O) groups is 1. The second-order valence-electron chi connectivity index (χ2n) is 5.50. The van der Waals surface area contributed by atoms with Crippen molar-refractivity contribution in [3.63, 3.8) is 0 Å². The normalized spacial score (nSPS) is 20.6. The summed E-state index contributed by atoms with van der Waals surface area (Å²) in [4.78, 5) is 11.8. The van der Waals surface area contributed by atoms with Crippen LogP contribution in [0.1, 0.15) is 37.7 Å². The molecule has 1 aliphatic carbocycles. The average molecular weight is 310 g/mol. The number of carbonyl (C=O) groups excluding carboxylic acids is 1. The molecular formula is C16H23O4P. The van der Waals surface area contributed by atoms with Gasteiger partial charge in [0.25, 0.3) is 0 Å². The highest BCUT2D eigenvalue weighted by Crippen LogP contribution is 2.38. The molecule has 0 radical (unpaired) electrons. The Bertz CT molecular complexity index is 470. The lowest BCUT2D eigenvalue weighted by Gasteiger charge is -2.34. The standard InChI is InChI=1S/C16H23O4P/c1-19-21(18)13-16(12-17,14-8-4-2-5-9-14)20-15-10-6-3-7-11-15/h2,4-5,8-9,12,15,21H,3,6-7,10-11,13H2,1H3. The third-order valence-corrected chi connectivity index (χ3v) is 5.29. The van der Waals surface area contributed by atoms with E-state index in [4.69, 9.17) is 9.26 Å². The largest absolute Gasteiger partial charge is 0.359 e. The summed E-state index contributed by atoms with van der Waals surface area (Å²) in [6.07, 6.45) is 6.30. The van der Waals surface area contributed by atoms with Crippen molar-refractivity contribution >= 4 is 14.3 Å². The summed E-state index contributed by atoms with van der Waals surface area (Å²) < 4.78 is 23.0. The van der Waals surface area contributed by atoms with Crippen molar-refractivity contribution in [2.24, 2.45) is 0 Å². The van der Waals surface area contributed by atoms with Crippen molar-refractivity contribution in [1.29, 1.82) is 0 Å². The van der Waals surface area contributed by atoms with Gasteiger partial charge < -0.3 is 9.26 Å². The van der Waals surface area contributed by atoms with Crippen LogP contribution in [-0.4, -0.2) is 25.7 Å². The average Bonchev–Trinajstić information content (AvgIpc) is 2.55. The molecule has 1 saturated carbocycles. The lowest BCUT2D eigenvalue weighted by Crippen LogP contribution is -2.39. The smallest absolute Gasteiger partial charge is 0.195 e. The van der Waals surface area contributed by atoms with Crippen LogP contribution in [0.4, 0.5) is 0 Å².